The Labute approximate surface area is 180 Å². The summed E-state index contributed by atoms with van der Waals surface area (Å²) in [5.74, 6) is 0.321. The van der Waals surface area contributed by atoms with Gasteiger partial charge in [0.1, 0.15) is 0 Å². The zero-order valence-corrected chi connectivity index (χ0v) is 17.7. The van der Waals surface area contributed by atoms with E-state index >= 15 is 0 Å². The van der Waals surface area contributed by atoms with Gasteiger partial charge in [-0.25, -0.2) is 9.67 Å². The Morgan fingerprint density at radius 2 is 1.60 bits per heavy atom. The Morgan fingerprint density at radius 3 is 2.27 bits per heavy atom. The molecule has 5 nitrogen and oxygen atoms in total. The first-order valence-corrected chi connectivity index (χ1v) is 9.98. The van der Waals surface area contributed by atoms with Gasteiger partial charge in [-0.05, 0) is 73.9 Å². The minimum Gasteiger partial charge on any atom is -0.319 e. The van der Waals surface area contributed by atoms with E-state index < -0.39 is 0 Å². The highest BCUT2D eigenvalue weighted by Gasteiger charge is 2.20. The van der Waals surface area contributed by atoms with Gasteiger partial charge < -0.3 is 5.32 Å². The summed E-state index contributed by atoms with van der Waals surface area (Å²) in [4.78, 5) is 17.6. The number of carbonyl (C=O) groups excluding carboxylic acids is 1. The first-order valence-electron chi connectivity index (χ1n) is 9.60. The molecule has 1 aromatic heterocycles. The summed E-state index contributed by atoms with van der Waals surface area (Å²) in [6, 6.07) is 21.1. The summed E-state index contributed by atoms with van der Waals surface area (Å²) in [6.07, 6.45) is 0. The van der Waals surface area contributed by atoms with Crippen LogP contribution in [0.4, 0.5) is 5.69 Å². The van der Waals surface area contributed by atoms with Crippen LogP contribution in [0.5, 0.6) is 0 Å². The van der Waals surface area contributed by atoms with E-state index in [0.717, 1.165) is 33.6 Å². The van der Waals surface area contributed by atoms with Gasteiger partial charge in [0, 0.05) is 16.3 Å². The highest BCUT2D eigenvalue weighted by Crippen LogP contribution is 2.25. The third kappa shape index (κ3) is 3.98. The van der Waals surface area contributed by atoms with Gasteiger partial charge in [0.05, 0.1) is 5.69 Å². The molecule has 0 saturated heterocycles. The van der Waals surface area contributed by atoms with Gasteiger partial charge in [-0.2, -0.15) is 0 Å². The van der Waals surface area contributed by atoms with Gasteiger partial charge in [0.25, 0.3) is 5.91 Å². The minimum absolute atomic E-state index is 0.101. The maximum Gasteiger partial charge on any atom is 0.295 e. The van der Waals surface area contributed by atoms with Gasteiger partial charge in [0.2, 0.25) is 5.82 Å². The van der Waals surface area contributed by atoms with Crippen molar-refractivity contribution in [1.82, 2.24) is 14.8 Å². The molecule has 150 valence electrons. The van der Waals surface area contributed by atoms with E-state index in [1.807, 2.05) is 75.4 Å². The predicted molar refractivity (Wildman–Crippen MR) is 120 cm³/mol. The molecule has 0 radical (unpaired) electrons. The first-order chi connectivity index (χ1) is 14.4. The number of para-hydroxylation sites is 1. The summed E-state index contributed by atoms with van der Waals surface area (Å²) in [7, 11) is 0. The number of nitrogens with zero attached hydrogens (tertiary/aromatic N) is 3. The molecular weight excluding hydrogens is 396 g/mol. The van der Waals surface area contributed by atoms with Crippen LogP contribution in [0.3, 0.4) is 0 Å². The fraction of sp³-hybridized carbons (Fsp3) is 0.125. The van der Waals surface area contributed by atoms with Crippen LogP contribution in [-0.4, -0.2) is 20.7 Å². The van der Waals surface area contributed by atoms with E-state index in [1.165, 1.54) is 0 Å². The highest BCUT2D eigenvalue weighted by atomic mass is 35.5. The van der Waals surface area contributed by atoms with Crippen molar-refractivity contribution >= 4 is 23.2 Å². The molecular formula is C24H21ClN4O. The summed E-state index contributed by atoms with van der Waals surface area (Å²) in [5.41, 5.74) is 5.49. The second-order valence-corrected chi connectivity index (χ2v) is 7.67. The topological polar surface area (TPSA) is 59.8 Å². The number of halogens is 1. The smallest absolute Gasteiger partial charge is 0.295 e. The van der Waals surface area contributed by atoms with Gasteiger partial charge in [-0.3, -0.25) is 4.79 Å². The SMILES string of the molecule is Cc1cccc(-n2nc(C(=O)Nc3c(C)cccc3C)nc2-c2ccc(Cl)cc2)c1. The second-order valence-electron chi connectivity index (χ2n) is 7.24. The number of carbonyl (C=O) groups is 1. The van der Waals surface area contributed by atoms with Gasteiger partial charge >= 0.3 is 0 Å². The number of rotatable bonds is 4. The minimum atomic E-state index is -0.353. The van der Waals surface area contributed by atoms with Gasteiger partial charge in [0.15, 0.2) is 5.82 Å². The molecule has 4 rings (SSSR count). The van der Waals surface area contributed by atoms with Crippen molar-refractivity contribution in [3.8, 4) is 17.1 Å². The Morgan fingerprint density at radius 1 is 0.933 bits per heavy atom. The summed E-state index contributed by atoms with van der Waals surface area (Å²) < 4.78 is 1.69. The molecule has 0 atom stereocenters. The molecule has 30 heavy (non-hydrogen) atoms. The molecule has 1 heterocycles. The summed E-state index contributed by atoms with van der Waals surface area (Å²) in [5, 5.41) is 8.13. The lowest BCUT2D eigenvalue weighted by atomic mass is 10.1. The monoisotopic (exact) mass is 416 g/mol. The van der Waals surface area contributed by atoms with E-state index in [0.29, 0.717) is 10.8 Å². The maximum atomic E-state index is 13.0. The highest BCUT2D eigenvalue weighted by molar-refractivity contribution is 6.30. The number of aromatic nitrogens is 3. The van der Waals surface area contributed by atoms with Gasteiger partial charge in [-0.1, -0.05) is 41.9 Å². The van der Waals surface area contributed by atoms with Crippen molar-refractivity contribution in [2.45, 2.75) is 20.8 Å². The molecule has 0 fully saturated rings. The summed E-state index contributed by atoms with van der Waals surface area (Å²) >= 11 is 6.05. The molecule has 4 aromatic rings. The van der Waals surface area contributed by atoms with Crippen LogP contribution in [0.15, 0.2) is 66.7 Å². The number of aryl methyl sites for hydroxylation is 3. The van der Waals surface area contributed by atoms with E-state index in [4.69, 9.17) is 11.6 Å². The Balaban J connectivity index is 1.78. The lowest BCUT2D eigenvalue weighted by Crippen LogP contribution is -2.16. The molecule has 3 aromatic carbocycles. The lowest BCUT2D eigenvalue weighted by Gasteiger charge is -2.09. The molecule has 6 heteroatoms. The molecule has 0 unspecified atom stereocenters. The van der Waals surface area contributed by atoms with E-state index in [1.54, 1.807) is 16.8 Å². The van der Waals surface area contributed by atoms with Crippen molar-refractivity contribution in [2.24, 2.45) is 0 Å². The average Bonchev–Trinajstić information content (AvgIpc) is 3.17. The van der Waals surface area contributed by atoms with Crippen LogP contribution in [0, 0.1) is 20.8 Å². The Kier molecular flexibility index (Phi) is 5.38. The van der Waals surface area contributed by atoms with E-state index in [2.05, 4.69) is 15.4 Å². The van der Waals surface area contributed by atoms with E-state index in [9.17, 15) is 4.79 Å². The number of hydrogen-bond acceptors (Lipinski definition) is 3. The average molecular weight is 417 g/mol. The van der Waals surface area contributed by atoms with Crippen molar-refractivity contribution in [1.29, 1.82) is 0 Å². The van der Waals surface area contributed by atoms with Crippen molar-refractivity contribution in [3.63, 3.8) is 0 Å². The number of amides is 1. The number of benzene rings is 3. The third-order valence-corrected chi connectivity index (χ3v) is 5.13. The standard InChI is InChI=1S/C24H21ClN4O/c1-15-6-4-9-20(14-15)29-23(18-10-12-19(25)13-11-18)27-22(28-29)24(30)26-21-16(2)7-5-8-17(21)3/h4-14H,1-3H3,(H,26,30). The Bertz CT molecular complexity index is 1210. The molecule has 0 spiro atoms. The fourth-order valence-corrected chi connectivity index (χ4v) is 3.44. The lowest BCUT2D eigenvalue weighted by molar-refractivity contribution is 0.101. The number of nitrogens with one attached hydrogen (secondary N) is 1. The molecule has 0 bridgehead atoms. The zero-order chi connectivity index (χ0) is 21.3. The third-order valence-electron chi connectivity index (χ3n) is 4.88. The summed E-state index contributed by atoms with van der Waals surface area (Å²) in [6.45, 7) is 5.93. The quantitative estimate of drug-likeness (QED) is 0.459. The van der Waals surface area contributed by atoms with E-state index in [-0.39, 0.29) is 11.7 Å². The molecule has 1 N–H and O–H groups in total. The molecule has 0 aliphatic carbocycles. The van der Waals surface area contributed by atoms with Crippen LogP contribution in [0.1, 0.15) is 27.3 Å². The molecule has 0 saturated carbocycles. The Hall–Kier alpha value is -3.44. The van der Waals surface area contributed by atoms with Crippen molar-refractivity contribution in [2.75, 3.05) is 5.32 Å². The van der Waals surface area contributed by atoms with Crippen LogP contribution in [0.2, 0.25) is 5.02 Å². The van der Waals surface area contributed by atoms with Gasteiger partial charge in [-0.15, -0.1) is 5.10 Å². The van der Waals surface area contributed by atoms with Crippen LogP contribution in [-0.2, 0) is 0 Å². The number of anilines is 1. The van der Waals surface area contributed by atoms with Crippen molar-refractivity contribution in [3.05, 3.63) is 94.3 Å². The van der Waals surface area contributed by atoms with Crippen molar-refractivity contribution < 1.29 is 4.79 Å². The molecule has 0 aliphatic heterocycles. The van der Waals surface area contributed by atoms with Crippen LogP contribution in [0.25, 0.3) is 17.1 Å². The van der Waals surface area contributed by atoms with Crippen LogP contribution >= 0.6 is 11.6 Å². The first kappa shape index (κ1) is 19.9. The number of hydrogen-bond donors (Lipinski definition) is 1. The normalized spacial score (nSPS) is 10.8. The zero-order valence-electron chi connectivity index (χ0n) is 17.0. The second kappa shape index (κ2) is 8.13. The predicted octanol–water partition coefficient (Wildman–Crippen LogP) is 5.77. The fourth-order valence-electron chi connectivity index (χ4n) is 3.31. The van der Waals surface area contributed by atoms with Crippen LogP contribution < -0.4 is 5.32 Å². The largest absolute Gasteiger partial charge is 0.319 e. The molecule has 0 aliphatic rings. The molecule has 1 amide bonds. The maximum absolute atomic E-state index is 13.0.